The van der Waals surface area contributed by atoms with E-state index in [1.807, 2.05) is 49.4 Å². The molecule has 0 heterocycles. The molecule has 0 radical (unpaired) electrons. The van der Waals surface area contributed by atoms with Gasteiger partial charge >= 0.3 is 0 Å². The summed E-state index contributed by atoms with van der Waals surface area (Å²) in [4.78, 5) is 12.7. The van der Waals surface area contributed by atoms with Gasteiger partial charge in [0.1, 0.15) is 5.75 Å². The Kier molecular flexibility index (Phi) is 5.34. The monoisotopic (exact) mass is 373 g/mol. The number of benzene rings is 3. The minimum atomic E-state index is -0.564. The largest absolute Gasteiger partial charge is 0.480 e. The van der Waals surface area contributed by atoms with Crippen molar-refractivity contribution in [1.82, 2.24) is 5.32 Å². The third-order valence-electron chi connectivity index (χ3n) is 5.65. The first-order valence-electron chi connectivity index (χ1n) is 10.2. The molecular weight excluding hydrogens is 346 g/mol. The van der Waals surface area contributed by atoms with E-state index in [-0.39, 0.29) is 11.9 Å². The normalized spacial score (nSPS) is 15.5. The van der Waals surface area contributed by atoms with E-state index in [1.165, 1.54) is 30.4 Å². The van der Waals surface area contributed by atoms with Crippen molar-refractivity contribution in [3.63, 3.8) is 0 Å². The number of ether oxygens (including phenoxy) is 1. The Morgan fingerprint density at radius 3 is 2.54 bits per heavy atom. The van der Waals surface area contributed by atoms with Crippen LogP contribution in [-0.2, 0) is 17.6 Å². The van der Waals surface area contributed by atoms with E-state index in [4.69, 9.17) is 4.74 Å². The Balaban J connectivity index is 1.44. The van der Waals surface area contributed by atoms with Gasteiger partial charge in [0.2, 0.25) is 0 Å². The Hall–Kier alpha value is -2.81. The first-order chi connectivity index (χ1) is 13.6. The highest BCUT2D eigenvalue weighted by Gasteiger charge is 2.19. The van der Waals surface area contributed by atoms with E-state index in [0.29, 0.717) is 0 Å². The zero-order chi connectivity index (χ0) is 19.5. The predicted octanol–water partition coefficient (Wildman–Crippen LogP) is 5.36. The molecule has 0 bridgehead atoms. The molecule has 0 fully saturated rings. The van der Waals surface area contributed by atoms with Crippen LogP contribution in [0.4, 0.5) is 0 Å². The Morgan fingerprint density at radius 2 is 1.68 bits per heavy atom. The van der Waals surface area contributed by atoms with Crippen LogP contribution in [0, 0.1) is 0 Å². The van der Waals surface area contributed by atoms with Gasteiger partial charge in [0.15, 0.2) is 6.10 Å². The third kappa shape index (κ3) is 3.89. The molecule has 0 saturated carbocycles. The van der Waals surface area contributed by atoms with Crippen LogP contribution in [-0.4, -0.2) is 12.0 Å². The molecule has 0 spiro atoms. The number of amides is 1. The van der Waals surface area contributed by atoms with Gasteiger partial charge in [0.25, 0.3) is 5.91 Å². The average molecular weight is 373 g/mol. The number of hydrogen-bond donors (Lipinski definition) is 1. The molecule has 3 nitrogen and oxygen atoms in total. The molecule has 3 heteroatoms. The highest BCUT2D eigenvalue weighted by molar-refractivity contribution is 5.89. The molecule has 28 heavy (non-hydrogen) atoms. The quantitative estimate of drug-likeness (QED) is 0.653. The number of nitrogens with one attached hydrogen (secondary N) is 1. The van der Waals surface area contributed by atoms with Crippen LogP contribution in [0.3, 0.4) is 0 Å². The van der Waals surface area contributed by atoms with Crippen molar-refractivity contribution in [3.8, 4) is 5.75 Å². The molecule has 0 unspecified atom stereocenters. The van der Waals surface area contributed by atoms with Crippen LogP contribution in [0.2, 0.25) is 0 Å². The minimum Gasteiger partial charge on any atom is -0.480 e. The van der Waals surface area contributed by atoms with E-state index in [1.54, 1.807) is 6.92 Å². The molecule has 4 rings (SSSR count). The number of fused-ring (bicyclic) bond motifs is 2. The highest BCUT2D eigenvalue weighted by atomic mass is 16.5. The average Bonchev–Trinajstić information content (AvgIpc) is 2.73. The minimum absolute atomic E-state index is 0.0432. The summed E-state index contributed by atoms with van der Waals surface area (Å²) in [5.41, 5.74) is 4.05. The molecule has 1 amide bonds. The van der Waals surface area contributed by atoms with Crippen molar-refractivity contribution in [3.05, 3.63) is 77.4 Å². The standard InChI is InChI=1S/C25H27NO2/c1-17(21-15-14-19-8-3-4-10-22(19)16-21)26-25(27)18(2)28-24-13-7-11-20-9-5-6-12-23(20)24/h5-7,9,11-18H,3-4,8,10H2,1-2H3,(H,26,27)/t17-,18-/m0/s1. The lowest BCUT2D eigenvalue weighted by Gasteiger charge is -2.22. The van der Waals surface area contributed by atoms with Crippen LogP contribution in [0.15, 0.2) is 60.7 Å². The van der Waals surface area contributed by atoms with Crippen LogP contribution < -0.4 is 10.1 Å². The maximum Gasteiger partial charge on any atom is 0.261 e. The Morgan fingerprint density at radius 1 is 0.929 bits per heavy atom. The predicted molar refractivity (Wildman–Crippen MR) is 114 cm³/mol. The summed E-state index contributed by atoms with van der Waals surface area (Å²) in [5.74, 6) is 0.639. The smallest absolute Gasteiger partial charge is 0.261 e. The van der Waals surface area contributed by atoms with Crippen molar-refractivity contribution in [2.24, 2.45) is 0 Å². The molecule has 1 aliphatic rings. The molecular formula is C25H27NO2. The summed E-state index contributed by atoms with van der Waals surface area (Å²) >= 11 is 0. The Labute approximate surface area is 166 Å². The summed E-state index contributed by atoms with van der Waals surface area (Å²) in [6, 6.07) is 20.6. The first kappa shape index (κ1) is 18.5. The first-order valence-corrected chi connectivity index (χ1v) is 10.2. The van der Waals surface area contributed by atoms with Crippen LogP contribution >= 0.6 is 0 Å². The fourth-order valence-corrected chi connectivity index (χ4v) is 3.98. The second kappa shape index (κ2) is 8.05. The van der Waals surface area contributed by atoms with Crippen molar-refractivity contribution in [2.45, 2.75) is 51.7 Å². The molecule has 3 aromatic rings. The SMILES string of the molecule is C[C@H](Oc1cccc2ccccc12)C(=O)N[C@@H](C)c1ccc2c(c1)CCCC2. The van der Waals surface area contributed by atoms with Gasteiger partial charge in [0, 0.05) is 5.39 Å². The lowest BCUT2D eigenvalue weighted by Crippen LogP contribution is -2.37. The summed E-state index contributed by atoms with van der Waals surface area (Å²) in [6.07, 6.45) is 4.29. The fourth-order valence-electron chi connectivity index (χ4n) is 3.98. The number of aryl methyl sites for hydroxylation is 2. The molecule has 3 aromatic carbocycles. The fraction of sp³-hybridized carbons (Fsp3) is 0.320. The Bertz CT molecular complexity index is 990. The van der Waals surface area contributed by atoms with Gasteiger partial charge in [-0.05, 0) is 67.7 Å². The van der Waals surface area contributed by atoms with Gasteiger partial charge in [-0.2, -0.15) is 0 Å². The van der Waals surface area contributed by atoms with Crippen molar-refractivity contribution >= 4 is 16.7 Å². The van der Waals surface area contributed by atoms with Crippen LogP contribution in [0.25, 0.3) is 10.8 Å². The zero-order valence-corrected chi connectivity index (χ0v) is 16.6. The molecule has 0 aromatic heterocycles. The van der Waals surface area contributed by atoms with Crippen LogP contribution in [0.5, 0.6) is 5.75 Å². The summed E-state index contributed by atoms with van der Waals surface area (Å²) in [5, 5.41) is 5.23. The summed E-state index contributed by atoms with van der Waals surface area (Å²) in [7, 11) is 0. The highest BCUT2D eigenvalue weighted by Crippen LogP contribution is 2.27. The van der Waals surface area contributed by atoms with E-state index in [0.717, 1.165) is 28.5 Å². The summed E-state index contributed by atoms with van der Waals surface area (Å²) < 4.78 is 6.00. The molecule has 144 valence electrons. The lowest BCUT2D eigenvalue weighted by atomic mass is 9.89. The maximum absolute atomic E-state index is 12.7. The van der Waals surface area contributed by atoms with Gasteiger partial charge in [-0.15, -0.1) is 0 Å². The van der Waals surface area contributed by atoms with Gasteiger partial charge < -0.3 is 10.1 Å². The van der Waals surface area contributed by atoms with Gasteiger partial charge in [-0.25, -0.2) is 0 Å². The number of hydrogen-bond acceptors (Lipinski definition) is 2. The second-order valence-corrected chi connectivity index (χ2v) is 7.70. The number of rotatable bonds is 5. The zero-order valence-electron chi connectivity index (χ0n) is 16.6. The van der Waals surface area contributed by atoms with Crippen LogP contribution in [0.1, 0.15) is 49.4 Å². The third-order valence-corrected chi connectivity index (χ3v) is 5.65. The van der Waals surface area contributed by atoms with Gasteiger partial charge in [0.05, 0.1) is 6.04 Å². The maximum atomic E-state index is 12.7. The molecule has 0 saturated heterocycles. The second-order valence-electron chi connectivity index (χ2n) is 7.70. The number of carbonyl (C=O) groups is 1. The van der Waals surface area contributed by atoms with Crippen molar-refractivity contribution in [1.29, 1.82) is 0 Å². The molecule has 0 aliphatic heterocycles. The molecule has 1 aliphatic carbocycles. The van der Waals surface area contributed by atoms with Crippen molar-refractivity contribution < 1.29 is 9.53 Å². The van der Waals surface area contributed by atoms with Gasteiger partial charge in [-0.3, -0.25) is 4.79 Å². The lowest BCUT2D eigenvalue weighted by molar-refractivity contribution is -0.127. The van der Waals surface area contributed by atoms with E-state index < -0.39 is 6.10 Å². The van der Waals surface area contributed by atoms with E-state index in [9.17, 15) is 4.79 Å². The van der Waals surface area contributed by atoms with Gasteiger partial charge in [-0.1, -0.05) is 54.6 Å². The number of carbonyl (C=O) groups excluding carboxylic acids is 1. The molecule has 1 N–H and O–H groups in total. The van der Waals surface area contributed by atoms with E-state index >= 15 is 0 Å². The molecule has 2 atom stereocenters. The van der Waals surface area contributed by atoms with E-state index in [2.05, 4.69) is 23.5 Å². The topological polar surface area (TPSA) is 38.3 Å². The van der Waals surface area contributed by atoms with Crippen molar-refractivity contribution in [2.75, 3.05) is 0 Å². The summed E-state index contributed by atoms with van der Waals surface area (Å²) in [6.45, 7) is 3.84.